The van der Waals surface area contributed by atoms with E-state index in [9.17, 15) is 14.4 Å². The number of hydrogen-bond acceptors (Lipinski definition) is 6. The SMILES string of the molecule is CN1CNn2cc(C=O)c(=O)c(OCc3ccccc3)c2C1=O.COC. The highest BCUT2D eigenvalue weighted by molar-refractivity contribution is 5.96. The summed E-state index contributed by atoms with van der Waals surface area (Å²) in [4.78, 5) is 37.3. The molecule has 0 fully saturated rings. The molecule has 1 aromatic carbocycles. The first-order chi connectivity index (χ1) is 12.5. The van der Waals surface area contributed by atoms with Crippen LogP contribution in [0.25, 0.3) is 0 Å². The number of methoxy groups -OCH3 is 1. The summed E-state index contributed by atoms with van der Waals surface area (Å²) in [5, 5.41) is 0. The molecule has 0 atom stereocenters. The minimum Gasteiger partial charge on any atom is -0.482 e. The molecule has 1 aliphatic rings. The van der Waals surface area contributed by atoms with E-state index in [1.165, 1.54) is 15.8 Å². The van der Waals surface area contributed by atoms with Crippen LogP contribution in [0.3, 0.4) is 0 Å². The van der Waals surface area contributed by atoms with Crippen LogP contribution in [0.4, 0.5) is 0 Å². The molecule has 2 heterocycles. The molecule has 1 aromatic heterocycles. The number of ether oxygens (including phenoxy) is 2. The minimum atomic E-state index is -0.590. The van der Waals surface area contributed by atoms with Crippen LogP contribution in [-0.4, -0.2) is 49.7 Å². The maximum Gasteiger partial charge on any atom is 0.277 e. The number of aromatic nitrogens is 1. The van der Waals surface area contributed by atoms with Gasteiger partial charge in [-0.2, -0.15) is 0 Å². The van der Waals surface area contributed by atoms with Gasteiger partial charge in [0.1, 0.15) is 13.3 Å². The monoisotopic (exact) mass is 359 g/mol. The minimum absolute atomic E-state index is 0.0679. The Bertz CT molecular complexity index is 833. The van der Waals surface area contributed by atoms with E-state index in [1.807, 2.05) is 30.3 Å². The average molecular weight is 359 g/mol. The molecule has 0 saturated heterocycles. The third-order valence-corrected chi connectivity index (χ3v) is 3.57. The number of carbonyl (C=O) groups excluding carboxylic acids is 2. The molecule has 1 N–H and O–H groups in total. The molecule has 0 bridgehead atoms. The van der Waals surface area contributed by atoms with Gasteiger partial charge in [0.05, 0.1) is 5.56 Å². The van der Waals surface area contributed by atoms with Gasteiger partial charge in [0.2, 0.25) is 5.43 Å². The highest BCUT2D eigenvalue weighted by Crippen LogP contribution is 2.19. The quantitative estimate of drug-likeness (QED) is 0.822. The summed E-state index contributed by atoms with van der Waals surface area (Å²) in [6, 6.07) is 9.27. The van der Waals surface area contributed by atoms with Crippen molar-refractivity contribution in [1.82, 2.24) is 9.58 Å². The van der Waals surface area contributed by atoms with Gasteiger partial charge >= 0.3 is 0 Å². The lowest BCUT2D eigenvalue weighted by molar-refractivity contribution is 0.0760. The van der Waals surface area contributed by atoms with E-state index in [-0.39, 0.29) is 36.2 Å². The van der Waals surface area contributed by atoms with Crippen molar-refractivity contribution in [3.8, 4) is 5.75 Å². The number of benzene rings is 1. The molecule has 3 rings (SSSR count). The van der Waals surface area contributed by atoms with E-state index >= 15 is 0 Å². The topological polar surface area (TPSA) is 89.9 Å². The van der Waals surface area contributed by atoms with Crippen molar-refractivity contribution >= 4 is 12.2 Å². The van der Waals surface area contributed by atoms with Gasteiger partial charge < -0.3 is 19.8 Å². The molecule has 138 valence electrons. The second-order valence-electron chi connectivity index (χ2n) is 5.58. The Morgan fingerprint density at radius 3 is 2.46 bits per heavy atom. The number of aldehydes is 1. The standard InChI is InChI=1S/C16H15N3O4.C2H6O/c1-18-10-17-19-7-12(8-20)14(21)15(13(19)16(18)22)23-9-11-5-3-2-4-6-11;1-3-2/h2-8,17H,9-10H2,1H3;1-2H3. The Hall–Kier alpha value is -3.13. The van der Waals surface area contributed by atoms with Gasteiger partial charge in [0.25, 0.3) is 5.91 Å². The summed E-state index contributed by atoms with van der Waals surface area (Å²) in [7, 11) is 4.86. The molecule has 1 aliphatic heterocycles. The van der Waals surface area contributed by atoms with E-state index in [0.717, 1.165) is 5.56 Å². The van der Waals surface area contributed by atoms with E-state index in [4.69, 9.17) is 4.74 Å². The van der Waals surface area contributed by atoms with Crippen molar-refractivity contribution in [1.29, 1.82) is 0 Å². The molecule has 0 unspecified atom stereocenters. The normalized spacial score (nSPS) is 12.4. The van der Waals surface area contributed by atoms with Crippen molar-refractivity contribution in [3.63, 3.8) is 0 Å². The Morgan fingerprint density at radius 1 is 1.19 bits per heavy atom. The molecule has 0 radical (unpaired) electrons. The molecule has 26 heavy (non-hydrogen) atoms. The van der Waals surface area contributed by atoms with Gasteiger partial charge in [-0.15, -0.1) is 0 Å². The van der Waals surface area contributed by atoms with E-state index in [0.29, 0.717) is 6.29 Å². The number of pyridine rings is 1. The van der Waals surface area contributed by atoms with E-state index in [1.54, 1.807) is 21.3 Å². The zero-order valence-electron chi connectivity index (χ0n) is 14.9. The highest BCUT2D eigenvalue weighted by atomic mass is 16.5. The second kappa shape index (κ2) is 8.82. The van der Waals surface area contributed by atoms with Crippen LogP contribution < -0.4 is 15.6 Å². The van der Waals surface area contributed by atoms with Crippen LogP contribution in [0.2, 0.25) is 0 Å². The first kappa shape index (κ1) is 19.2. The van der Waals surface area contributed by atoms with Gasteiger partial charge in [-0.05, 0) is 5.56 Å². The van der Waals surface area contributed by atoms with Crippen molar-refractivity contribution in [2.75, 3.05) is 33.4 Å². The number of carbonyl (C=O) groups is 2. The average Bonchev–Trinajstić information content (AvgIpc) is 2.65. The van der Waals surface area contributed by atoms with Gasteiger partial charge in [-0.1, -0.05) is 30.3 Å². The summed E-state index contributed by atoms with van der Waals surface area (Å²) in [6.07, 6.45) is 1.76. The van der Waals surface area contributed by atoms with Gasteiger partial charge in [-0.25, -0.2) is 0 Å². The Labute approximate surface area is 150 Å². The Morgan fingerprint density at radius 2 is 1.85 bits per heavy atom. The van der Waals surface area contributed by atoms with Crippen LogP contribution in [0.5, 0.6) is 5.75 Å². The van der Waals surface area contributed by atoms with Gasteiger partial charge in [0, 0.05) is 27.5 Å². The molecule has 0 aliphatic carbocycles. The van der Waals surface area contributed by atoms with Gasteiger partial charge in [0.15, 0.2) is 17.7 Å². The predicted octanol–water partition coefficient (Wildman–Crippen LogP) is 1.09. The fraction of sp³-hybridized carbons (Fsp3) is 0.278. The number of nitrogens with one attached hydrogen (secondary N) is 1. The van der Waals surface area contributed by atoms with E-state index in [2.05, 4.69) is 10.2 Å². The first-order valence-corrected chi connectivity index (χ1v) is 7.84. The van der Waals surface area contributed by atoms with Gasteiger partial charge in [-0.3, -0.25) is 19.1 Å². The van der Waals surface area contributed by atoms with Crippen molar-refractivity contribution in [2.24, 2.45) is 0 Å². The van der Waals surface area contributed by atoms with E-state index < -0.39 is 5.43 Å². The Kier molecular flexibility index (Phi) is 6.51. The zero-order chi connectivity index (χ0) is 19.1. The van der Waals surface area contributed by atoms with Crippen molar-refractivity contribution in [3.05, 3.63) is 63.6 Å². The molecule has 1 amide bonds. The zero-order valence-corrected chi connectivity index (χ0v) is 14.9. The van der Waals surface area contributed by atoms with Crippen molar-refractivity contribution in [2.45, 2.75) is 6.61 Å². The lowest BCUT2D eigenvalue weighted by atomic mass is 10.2. The van der Waals surface area contributed by atoms with Crippen molar-refractivity contribution < 1.29 is 19.1 Å². The van der Waals surface area contributed by atoms with Crippen LogP contribution in [0.15, 0.2) is 41.3 Å². The Balaban J connectivity index is 0.000000758. The fourth-order valence-corrected chi connectivity index (χ4v) is 2.32. The van der Waals surface area contributed by atoms with Crippen LogP contribution >= 0.6 is 0 Å². The number of nitrogens with zero attached hydrogens (tertiary/aromatic N) is 2. The lowest BCUT2D eigenvalue weighted by Crippen LogP contribution is -2.45. The predicted molar refractivity (Wildman–Crippen MR) is 96.1 cm³/mol. The molecule has 8 heteroatoms. The lowest BCUT2D eigenvalue weighted by Gasteiger charge is -2.29. The maximum atomic E-state index is 12.4. The number of fused-ring (bicyclic) bond motifs is 1. The largest absolute Gasteiger partial charge is 0.482 e. The van der Waals surface area contributed by atoms with Crippen LogP contribution in [0.1, 0.15) is 26.4 Å². The summed E-state index contributed by atoms with van der Waals surface area (Å²) in [5.74, 6) is -0.469. The molecular formula is C18H21N3O5. The third-order valence-electron chi connectivity index (χ3n) is 3.57. The second-order valence-corrected chi connectivity index (χ2v) is 5.58. The summed E-state index contributed by atoms with van der Waals surface area (Å²) < 4.78 is 11.2. The summed E-state index contributed by atoms with van der Waals surface area (Å²) in [6.45, 7) is 0.396. The molecule has 0 spiro atoms. The smallest absolute Gasteiger partial charge is 0.277 e. The molecule has 2 aromatic rings. The number of rotatable bonds is 4. The maximum absolute atomic E-state index is 12.4. The third kappa shape index (κ3) is 4.09. The first-order valence-electron chi connectivity index (χ1n) is 7.84. The fourth-order valence-electron chi connectivity index (χ4n) is 2.32. The van der Waals surface area contributed by atoms with Crippen LogP contribution in [0, 0.1) is 0 Å². The molecular weight excluding hydrogens is 338 g/mol. The number of hydrogen-bond donors (Lipinski definition) is 1. The highest BCUT2D eigenvalue weighted by Gasteiger charge is 2.28. The molecule has 0 saturated carbocycles. The molecule has 8 nitrogen and oxygen atoms in total. The summed E-state index contributed by atoms with van der Waals surface area (Å²) >= 11 is 0. The number of amides is 1. The summed E-state index contributed by atoms with van der Waals surface area (Å²) in [5.41, 5.74) is 3.21. The van der Waals surface area contributed by atoms with Crippen LogP contribution in [-0.2, 0) is 11.3 Å².